The van der Waals surface area contributed by atoms with Crippen LogP contribution in [0.25, 0.3) is 11.0 Å². The smallest absolute Gasteiger partial charge is 0.229 e. The second-order valence-electron chi connectivity index (χ2n) is 8.05. The van der Waals surface area contributed by atoms with E-state index in [0.29, 0.717) is 13.0 Å². The lowest BCUT2D eigenvalue weighted by Crippen LogP contribution is -2.32. The van der Waals surface area contributed by atoms with Gasteiger partial charge in [0.15, 0.2) is 0 Å². The van der Waals surface area contributed by atoms with Crippen LogP contribution >= 0.6 is 0 Å². The summed E-state index contributed by atoms with van der Waals surface area (Å²) in [6.45, 7) is 10.3. The highest BCUT2D eigenvalue weighted by Crippen LogP contribution is 2.22. The molecule has 0 aliphatic carbocycles. The Morgan fingerprint density at radius 1 is 1.19 bits per heavy atom. The fourth-order valence-corrected chi connectivity index (χ4v) is 2.97. The second-order valence-corrected chi connectivity index (χ2v) is 8.05. The summed E-state index contributed by atoms with van der Waals surface area (Å²) < 4.78 is 2.04. The van der Waals surface area contributed by atoms with Gasteiger partial charge in [-0.25, -0.2) is 4.98 Å². The van der Waals surface area contributed by atoms with Crippen LogP contribution in [0.2, 0.25) is 0 Å². The molecule has 1 aromatic carbocycles. The summed E-state index contributed by atoms with van der Waals surface area (Å²) in [5.74, 6) is 1.08. The predicted octanol–water partition coefficient (Wildman–Crippen LogP) is 3.65. The minimum absolute atomic E-state index is 0.0258. The Kier molecular flexibility index (Phi) is 6.63. The fourth-order valence-electron chi connectivity index (χ4n) is 2.97. The molecule has 0 aliphatic heterocycles. The molecular formula is C21H32N4O2. The van der Waals surface area contributed by atoms with Gasteiger partial charge in [-0.3, -0.25) is 9.59 Å². The molecule has 0 saturated carbocycles. The number of hydrogen-bond acceptors (Lipinski definition) is 3. The average Bonchev–Trinajstić information content (AvgIpc) is 2.90. The molecule has 0 unspecified atom stereocenters. The molecule has 0 atom stereocenters. The third kappa shape index (κ3) is 5.08. The van der Waals surface area contributed by atoms with Gasteiger partial charge in [0.1, 0.15) is 5.82 Å². The first-order chi connectivity index (χ1) is 12.7. The van der Waals surface area contributed by atoms with Crippen molar-refractivity contribution < 1.29 is 9.59 Å². The van der Waals surface area contributed by atoms with Crippen molar-refractivity contribution in [2.75, 3.05) is 11.9 Å². The van der Waals surface area contributed by atoms with Crippen molar-refractivity contribution in [1.29, 1.82) is 0 Å². The first-order valence-corrected chi connectivity index (χ1v) is 9.71. The van der Waals surface area contributed by atoms with Gasteiger partial charge in [-0.05, 0) is 31.0 Å². The van der Waals surface area contributed by atoms with Gasteiger partial charge in [0, 0.05) is 37.0 Å². The van der Waals surface area contributed by atoms with Crippen LogP contribution < -0.4 is 10.6 Å². The molecule has 6 heteroatoms. The number of anilines is 1. The quantitative estimate of drug-likeness (QED) is 0.779. The number of aromatic nitrogens is 2. The Hall–Kier alpha value is -2.37. The number of rotatable bonds is 7. The number of amides is 2. The van der Waals surface area contributed by atoms with Crippen molar-refractivity contribution in [2.24, 2.45) is 18.4 Å². The van der Waals surface area contributed by atoms with Crippen molar-refractivity contribution in [3.63, 3.8) is 0 Å². The summed E-state index contributed by atoms with van der Waals surface area (Å²) in [5.41, 5.74) is 2.14. The van der Waals surface area contributed by atoms with Crippen LogP contribution in [-0.2, 0) is 23.1 Å². The van der Waals surface area contributed by atoms with Gasteiger partial charge in [-0.2, -0.15) is 0 Å². The molecule has 2 amide bonds. The molecule has 1 heterocycles. The third-order valence-electron chi connectivity index (χ3n) is 4.92. The van der Waals surface area contributed by atoms with Crippen molar-refractivity contribution in [2.45, 2.75) is 53.9 Å². The molecule has 0 saturated heterocycles. The number of nitrogens with zero attached hydrogens (tertiary/aromatic N) is 2. The number of carbonyl (C=O) groups is 2. The summed E-state index contributed by atoms with van der Waals surface area (Å²) in [6, 6.07) is 5.75. The first-order valence-electron chi connectivity index (χ1n) is 9.71. The van der Waals surface area contributed by atoms with Gasteiger partial charge in [0.05, 0.1) is 11.0 Å². The van der Waals surface area contributed by atoms with Crippen LogP contribution in [0.4, 0.5) is 5.69 Å². The van der Waals surface area contributed by atoms with Crippen LogP contribution in [-0.4, -0.2) is 27.9 Å². The maximum atomic E-state index is 12.2. The molecule has 0 aliphatic rings. The lowest BCUT2D eigenvalue weighted by molar-refractivity contribution is -0.125. The van der Waals surface area contributed by atoms with Crippen LogP contribution in [0.1, 0.15) is 53.3 Å². The van der Waals surface area contributed by atoms with E-state index < -0.39 is 5.41 Å². The number of aryl methyl sites for hydroxylation is 1. The summed E-state index contributed by atoms with van der Waals surface area (Å²) in [6.07, 6.45) is 2.39. The Morgan fingerprint density at radius 3 is 2.44 bits per heavy atom. The van der Waals surface area contributed by atoms with E-state index in [9.17, 15) is 9.59 Å². The van der Waals surface area contributed by atoms with Gasteiger partial charge in [0.2, 0.25) is 11.8 Å². The summed E-state index contributed by atoms with van der Waals surface area (Å²) in [5, 5.41) is 5.95. The van der Waals surface area contributed by atoms with Crippen molar-refractivity contribution in [3.8, 4) is 0 Å². The van der Waals surface area contributed by atoms with Gasteiger partial charge in [-0.1, -0.05) is 34.6 Å². The lowest BCUT2D eigenvalue weighted by Gasteiger charge is -2.17. The minimum Gasteiger partial charge on any atom is -0.355 e. The molecule has 0 spiro atoms. The summed E-state index contributed by atoms with van der Waals surface area (Å²) in [7, 11) is 1.97. The SMILES string of the molecule is CCC(CC)C(=O)NCCc1nc2cc(NC(=O)C(C)(C)C)ccc2n1C. The largest absolute Gasteiger partial charge is 0.355 e. The van der Waals surface area contributed by atoms with E-state index in [-0.39, 0.29) is 17.7 Å². The van der Waals surface area contributed by atoms with E-state index in [1.807, 2.05) is 64.4 Å². The van der Waals surface area contributed by atoms with Crippen LogP contribution in [0, 0.1) is 11.3 Å². The second kappa shape index (κ2) is 8.55. The fraction of sp³-hybridized carbons (Fsp3) is 0.571. The maximum Gasteiger partial charge on any atom is 0.229 e. The van der Waals surface area contributed by atoms with Crippen molar-refractivity contribution >= 4 is 28.5 Å². The zero-order chi connectivity index (χ0) is 20.2. The van der Waals surface area contributed by atoms with Gasteiger partial charge < -0.3 is 15.2 Å². The third-order valence-corrected chi connectivity index (χ3v) is 4.92. The number of hydrogen-bond donors (Lipinski definition) is 2. The number of nitrogens with one attached hydrogen (secondary N) is 2. The van der Waals surface area contributed by atoms with E-state index in [1.165, 1.54) is 0 Å². The van der Waals surface area contributed by atoms with Crippen molar-refractivity contribution in [3.05, 3.63) is 24.0 Å². The minimum atomic E-state index is -0.447. The Balaban J connectivity index is 2.08. The van der Waals surface area contributed by atoms with E-state index in [4.69, 9.17) is 0 Å². The van der Waals surface area contributed by atoms with E-state index in [1.54, 1.807) is 0 Å². The number of benzene rings is 1. The molecule has 6 nitrogen and oxygen atoms in total. The van der Waals surface area contributed by atoms with Crippen LogP contribution in [0.3, 0.4) is 0 Å². The van der Waals surface area contributed by atoms with Gasteiger partial charge >= 0.3 is 0 Å². The standard InChI is InChI=1S/C21H32N4O2/c1-7-14(8-2)19(26)22-12-11-18-24-16-13-15(9-10-17(16)25(18)6)23-20(27)21(3,4)5/h9-10,13-14H,7-8,11-12H2,1-6H3,(H,22,26)(H,23,27). The zero-order valence-corrected chi connectivity index (χ0v) is 17.3. The van der Waals surface area contributed by atoms with E-state index >= 15 is 0 Å². The van der Waals surface area contributed by atoms with Crippen LogP contribution in [0.5, 0.6) is 0 Å². The highest BCUT2D eigenvalue weighted by molar-refractivity contribution is 5.96. The summed E-state index contributed by atoms with van der Waals surface area (Å²) >= 11 is 0. The zero-order valence-electron chi connectivity index (χ0n) is 17.3. The molecule has 0 bridgehead atoms. The molecule has 0 fully saturated rings. The monoisotopic (exact) mass is 372 g/mol. The Labute approximate surface area is 161 Å². The molecule has 148 valence electrons. The molecule has 1 aromatic heterocycles. The van der Waals surface area contributed by atoms with E-state index in [2.05, 4.69) is 15.6 Å². The van der Waals surface area contributed by atoms with Gasteiger partial charge in [0.25, 0.3) is 0 Å². The van der Waals surface area contributed by atoms with E-state index in [0.717, 1.165) is 35.4 Å². The number of carbonyl (C=O) groups excluding carboxylic acids is 2. The number of fused-ring (bicyclic) bond motifs is 1. The first kappa shape index (κ1) is 20.9. The number of imidazole rings is 1. The molecule has 2 rings (SSSR count). The van der Waals surface area contributed by atoms with Crippen LogP contribution in [0.15, 0.2) is 18.2 Å². The Morgan fingerprint density at radius 2 is 1.85 bits per heavy atom. The topological polar surface area (TPSA) is 76.0 Å². The van der Waals surface area contributed by atoms with Crippen molar-refractivity contribution in [1.82, 2.24) is 14.9 Å². The average molecular weight is 373 g/mol. The van der Waals surface area contributed by atoms with Gasteiger partial charge in [-0.15, -0.1) is 0 Å². The lowest BCUT2D eigenvalue weighted by atomic mass is 9.95. The molecule has 2 aromatic rings. The Bertz CT molecular complexity index is 813. The maximum absolute atomic E-state index is 12.2. The molecule has 0 radical (unpaired) electrons. The predicted molar refractivity (Wildman–Crippen MR) is 110 cm³/mol. The molecule has 2 N–H and O–H groups in total. The summed E-state index contributed by atoms with van der Waals surface area (Å²) in [4.78, 5) is 29.0. The normalized spacial score (nSPS) is 11.8. The molecule has 27 heavy (non-hydrogen) atoms. The highest BCUT2D eigenvalue weighted by Gasteiger charge is 2.21. The highest BCUT2D eigenvalue weighted by atomic mass is 16.2. The molecular weight excluding hydrogens is 340 g/mol.